The van der Waals surface area contributed by atoms with Gasteiger partial charge in [-0.1, -0.05) is 6.07 Å². The number of rotatable bonds is 9. The number of halogens is 2. The van der Waals surface area contributed by atoms with Gasteiger partial charge in [-0.25, -0.2) is 8.78 Å². The number of hydrogen-bond acceptors (Lipinski definition) is 5. The standard InChI is InChI=1S/C21H25F2N3O3S/c22-15-5-6-16(17(23)13-15)21(28)24-7-1-4-20(27)25-14-18(19-3-2-12-30-19)26-8-10-29-11-9-26/h2-3,5-6,12-13,18H,1,4,7-11,14H2,(H,24,28)(H,25,27). The van der Waals surface area contributed by atoms with Crippen LogP contribution < -0.4 is 10.6 Å². The third kappa shape index (κ3) is 6.32. The summed E-state index contributed by atoms with van der Waals surface area (Å²) in [5, 5.41) is 7.55. The molecular weight excluding hydrogens is 412 g/mol. The van der Waals surface area contributed by atoms with Crippen molar-refractivity contribution >= 4 is 23.2 Å². The molecule has 2 amide bonds. The summed E-state index contributed by atoms with van der Waals surface area (Å²) in [5.74, 6) is -2.38. The van der Waals surface area contributed by atoms with E-state index in [2.05, 4.69) is 21.6 Å². The fraction of sp³-hybridized carbons (Fsp3) is 0.429. The van der Waals surface area contributed by atoms with Crippen molar-refractivity contribution in [2.75, 3.05) is 39.4 Å². The normalized spacial score (nSPS) is 15.5. The molecule has 1 atom stereocenters. The second-order valence-electron chi connectivity index (χ2n) is 6.97. The molecule has 6 nitrogen and oxygen atoms in total. The second kappa shape index (κ2) is 11.1. The summed E-state index contributed by atoms with van der Waals surface area (Å²) in [5.41, 5.74) is -0.217. The molecule has 2 aromatic rings. The van der Waals surface area contributed by atoms with Crippen LogP contribution in [0.4, 0.5) is 8.78 Å². The number of ether oxygens (including phenoxy) is 1. The van der Waals surface area contributed by atoms with Crippen molar-refractivity contribution in [3.63, 3.8) is 0 Å². The van der Waals surface area contributed by atoms with Gasteiger partial charge in [0, 0.05) is 43.5 Å². The fourth-order valence-corrected chi connectivity index (χ4v) is 4.16. The van der Waals surface area contributed by atoms with Crippen molar-refractivity contribution in [3.8, 4) is 0 Å². The summed E-state index contributed by atoms with van der Waals surface area (Å²) in [6.07, 6.45) is 0.661. The SMILES string of the molecule is O=C(CCCNC(=O)c1ccc(F)cc1F)NCC(c1cccs1)N1CCOCC1. The maximum atomic E-state index is 13.6. The van der Waals surface area contributed by atoms with Crippen LogP contribution in [-0.2, 0) is 9.53 Å². The minimum absolute atomic E-state index is 0.105. The number of carbonyl (C=O) groups excluding carboxylic acids is 2. The number of morpholine rings is 1. The van der Waals surface area contributed by atoms with E-state index in [1.54, 1.807) is 11.3 Å². The molecule has 1 aromatic heterocycles. The lowest BCUT2D eigenvalue weighted by molar-refractivity contribution is -0.121. The van der Waals surface area contributed by atoms with Gasteiger partial charge in [0.15, 0.2) is 0 Å². The van der Waals surface area contributed by atoms with Gasteiger partial charge in [0.05, 0.1) is 24.8 Å². The van der Waals surface area contributed by atoms with Crippen molar-refractivity contribution in [1.82, 2.24) is 15.5 Å². The monoisotopic (exact) mass is 437 g/mol. The molecule has 1 aliphatic heterocycles. The van der Waals surface area contributed by atoms with Gasteiger partial charge in [0.2, 0.25) is 5.91 Å². The quantitative estimate of drug-likeness (QED) is 0.592. The van der Waals surface area contributed by atoms with E-state index < -0.39 is 17.5 Å². The highest BCUT2D eigenvalue weighted by atomic mass is 32.1. The lowest BCUT2D eigenvalue weighted by atomic mass is 10.1. The van der Waals surface area contributed by atoms with E-state index in [1.807, 2.05) is 11.4 Å². The summed E-state index contributed by atoms with van der Waals surface area (Å²) in [6, 6.07) is 6.98. The van der Waals surface area contributed by atoms with Gasteiger partial charge in [-0.3, -0.25) is 14.5 Å². The molecule has 0 bridgehead atoms. The van der Waals surface area contributed by atoms with Crippen LogP contribution in [0.1, 0.15) is 34.1 Å². The van der Waals surface area contributed by atoms with Crippen LogP contribution in [0.5, 0.6) is 0 Å². The zero-order chi connectivity index (χ0) is 21.3. The molecule has 0 radical (unpaired) electrons. The average Bonchev–Trinajstić information content (AvgIpc) is 3.26. The second-order valence-corrected chi connectivity index (χ2v) is 7.95. The highest BCUT2D eigenvalue weighted by molar-refractivity contribution is 7.10. The molecule has 0 spiro atoms. The van der Waals surface area contributed by atoms with Crippen LogP contribution in [0.25, 0.3) is 0 Å². The molecule has 0 aliphatic carbocycles. The molecular formula is C21H25F2N3O3S. The first-order chi connectivity index (χ1) is 14.5. The van der Waals surface area contributed by atoms with Crippen molar-refractivity contribution < 1.29 is 23.1 Å². The summed E-state index contributed by atoms with van der Waals surface area (Å²) in [7, 11) is 0. The molecule has 9 heteroatoms. The Balaban J connectivity index is 1.41. The Morgan fingerprint density at radius 3 is 2.67 bits per heavy atom. The topological polar surface area (TPSA) is 70.7 Å². The Morgan fingerprint density at radius 1 is 1.17 bits per heavy atom. The third-order valence-electron chi connectivity index (χ3n) is 4.89. The predicted molar refractivity (Wildman–Crippen MR) is 110 cm³/mol. The molecule has 3 rings (SSSR count). The molecule has 1 aromatic carbocycles. The van der Waals surface area contributed by atoms with Crippen LogP contribution in [0, 0.1) is 11.6 Å². The first-order valence-corrected chi connectivity index (χ1v) is 10.8. The Labute approximate surface area is 178 Å². The smallest absolute Gasteiger partial charge is 0.254 e. The van der Waals surface area contributed by atoms with Gasteiger partial charge in [0.25, 0.3) is 5.91 Å². The molecule has 30 heavy (non-hydrogen) atoms. The highest BCUT2D eigenvalue weighted by Crippen LogP contribution is 2.25. The molecule has 2 heterocycles. The Morgan fingerprint density at radius 2 is 1.97 bits per heavy atom. The highest BCUT2D eigenvalue weighted by Gasteiger charge is 2.23. The Kier molecular flexibility index (Phi) is 8.30. The average molecular weight is 438 g/mol. The number of amides is 2. The molecule has 2 N–H and O–H groups in total. The van der Waals surface area contributed by atoms with Gasteiger partial charge >= 0.3 is 0 Å². The van der Waals surface area contributed by atoms with Crippen LogP contribution >= 0.6 is 11.3 Å². The van der Waals surface area contributed by atoms with Gasteiger partial charge < -0.3 is 15.4 Å². The van der Waals surface area contributed by atoms with E-state index in [9.17, 15) is 18.4 Å². The number of hydrogen-bond donors (Lipinski definition) is 2. The zero-order valence-electron chi connectivity index (χ0n) is 16.5. The molecule has 1 saturated heterocycles. The number of carbonyl (C=O) groups is 2. The molecule has 0 saturated carbocycles. The molecule has 1 unspecified atom stereocenters. The summed E-state index contributed by atoms with van der Waals surface area (Å²) in [6.45, 7) is 3.75. The fourth-order valence-electron chi connectivity index (χ4n) is 3.30. The molecule has 162 valence electrons. The van der Waals surface area contributed by atoms with Crippen LogP contribution in [-0.4, -0.2) is 56.1 Å². The van der Waals surface area contributed by atoms with Crippen molar-refractivity contribution in [2.24, 2.45) is 0 Å². The minimum Gasteiger partial charge on any atom is -0.379 e. The molecule has 1 aliphatic rings. The number of nitrogens with zero attached hydrogens (tertiary/aromatic N) is 1. The van der Waals surface area contributed by atoms with E-state index in [0.29, 0.717) is 32.2 Å². The summed E-state index contributed by atoms with van der Waals surface area (Å²) >= 11 is 1.67. The van der Waals surface area contributed by atoms with Gasteiger partial charge in [0.1, 0.15) is 11.6 Å². The molecule has 1 fully saturated rings. The van der Waals surface area contributed by atoms with Crippen molar-refractivity contribution in [3.05, 3.63) is 57.8 Å². The lowest BCUT2D eigenvalue weighted by Crippen LogP contribution is -2.43. The lowest BCUT2D eigenvalue weighted by Gasteiger charge is -2.34. The maximum absolute atomic E-state index is 13.6. The van der Waals surface area contributed by atoms with Crippen LogP contribution in [0.3, 0.4) is 0 Å². The zero-order valence-corrected chi connectivity index (χ0v) is 17.4. The number of thiophene rings is 1. The van der Waals surface area contributed by atoms with Gasteiger partial charge in [-0.2, -0.15) is 0 Å². The van der Waals surface area contributed by atoms with Gasteiger partial charge in [-0.15, -0.1) is 11.3 Å². The Hall–Kier alpha value is -2.36. The van der Waals surface area contributed by atoms with E-state index in [1.165, 1.54) is 4.88 Å². The van der Waals surface area contributed by atoms with E-state index >= 15 is 0 Å². The van der Waals surface area contributed by atoms with Crippen LogP contribution in [0.15, 0.2) is 35.7 Å². The number of nitrogens with one attached hydrogen (secondary N) is 2. The summed E-state index contributed by atoms with van der Waals surface area (Å²) in [4.78, 5) is 27.7. The summed E-state index contributed by atoms with van der Waals surface area (Å²) < 4.78 is 31.9. The van der Waals surface area contributed by atoms with E-state index in [0.717, 1.165) is 25.2 Å². The van der Waals surface area contributed by atoms with Crippen molar-refractivity contribution in [1.29, 1.82) is 0 Å². The van der Waals surface area contributed by atoms with E-state index in [4.69, 9.17) is 4.74 Å². The van der Waals surface area contributed by atoms with Crippen molar-refractivity contribution in [2.45, 2.75) is 18.9 Å². The van der Waals surface area contributed by atoms with E-state index in [-0.39, 0.29) is 30.5 Å². The first kappa shape index (κ1) is 22.3. The minimum atomic E-state index is -0.909. The van der Waals surface area contributed by atoms with Gasteiger partial charge in [-0.05, 0) is 30.0 Å². The maximum Gasteiger partial charge on any atom is 0.254 e. The predicted octanol–water partition coefficient (Wildman–Crippen LogP) is 2.73. The first-order valence-electron chi connectivity index (χ1n) is 9.90. The van der Waals surface area contributed by atoms with Crippen LogP contribution in [0.2, 0.25) is 0 Å². The third-order valence-corrected chi connectivity index (χ3v) is 5.87. The number of benzene rings is 1. The largest absolute Gasteiger partial charge is 0.379 e. The Bertz CT molecular complexity index is 842.